The summed E-state index contributed by atoms with van der Waals surface area (Å²) in [6.45, 7) is 0.876. The predicted octanol–water partition coefficient (Wildman–Crippen LogP) is -0.0215. The Balaban J connectivity index is 1.92. The monoisotopic (exact) mass is 183 g/mol. The molecule has 4 nitrogen and oxygen atoms in total. The Labute approximate surface area is 76.8 Å². The zero-order valence-corrected chi connectivity index (χ0v) is 7.60. The molecule has 0 N–H and O–H groups in total. The molecule has 0 bridgehead atoms. The van der Waals surface area contributed by atoms with Crippen molar-refractivity contribution in [2.45, 2.75) is 31.3 Å². The molecule has 3 fully saturated rings. The summed E-state index contributed by atoms with van der Waals surface area (Å²) in [5.74, 6) is 0.563. The second-order valence-electron chi connectivity index (χ2n) is 4.01. The summed E-state index contributed by atoms with van der Waals surface area (Å²) in [4.78, 5) is 13.5. The third-order valence-corrected chi connectivity index (χ3v) is 3.46. The minimum absolute atomic E-state index is 0.149. The average Bonchev–Trinajstić information content (AvgIpc) is 2.70. The highest BCUT2D eigenvalue weighted by Gasteiger charge is 2.57. The van der Waals surface area contributed by atoms with Crippen LogP contribution in [0.4, 0.5) is 0 Å². The van der Waals surface area contributed by atoms with Gasteiger partial charge in [0.05, 0.1) is 12.1 Å². The molecule has 0 spiro atoms. The first kappa shape index (κ1) is 7.76. The van der Waals surface area contributed by atoms with Crippen molar-refractivity contribution in [3.05, 3.63) is 0 Å². The first-order valence-corrected chi connectivity index (χ1v) is 4.79. The van der Waals surface area contributed by atoms with Crippen molar-refractivity contribution >= 4 is 5.91 Å². The Kier molecular flexibility index (Phi) is 1.46. The molecule has 0 aromatic carbocycles. The van der Waals surface area contributed by atoms with Gasteiger partial charge < -0.3 is 14.4 Å². The van der Waals surface area contributed by atoms with Crippen LogP contribution in [-0.2, 0) is 14.3 Å². The summed E-state index contributed by atoms with van der Waals surface area (Å²) < 4.78 is 10.9. The summed E-state index contributed by atoms with van der Waals surface area (Å²) in [5, 5.41) is 0. The smallest absolute Gasteiger partial charge is 0.223 e. The lowest BCUT2D eigenvalue weighted by atomic mass is 9.99. The van der Waals surface area contributed by atoms with Crippen LogP contribution in [0, 0.1) is 5.92 Å². The van der Waals surface area contributed by atoms with Crippen LogP contribution in [0.3, 0.4) is 0 Å². The Bertz CT molecular complexity index is 255. The Morgan fingerprint density at radius 2 is 2.46 bits per heavy atom. The summed E-state index contributed by atoms with van der Waals surface area (Å²) in [6, 6.07) is 0.317. The van der Waals surface area contributed by atoms with E-state index in [1.54, 1.807) is 7.11 Å². The van der Waals surface area contributed by atoms with E-state index in [9.17, 15) is 4.79 Å². The lowest BCUT2D eigenvalue weighted by Gasteiger charge is -2.16. The summed E-state index contributed by atoms with van der Waals surface area (Å²) >= 11 is 0. The molecule has 0 radical (unpaired) electrons. The van der Waals surface area contributed by atoms with Crippen molar-refractivity contribution in [3.8, 4) is 0 Å². The minimum Gasteiger partial charge on any atom is -0.355 e. The van der Waals surface area contributed by atoms with E-state index in [-0.39, 0.29) is 24.2 Å². The highest BCUT2D eigenvalue weighted by atomic mass is 16.7. The molecule has 0 unspecified atom stereocenters. The molecule has 3 saturated heterocycles. The van der Waals surface area contributed by atoms with E-state index in [0.717, 1.165) is 13.0 Å². The van der Waals surface area contributed by atoms with Gasteiger partial charge in [-0.25, -0.2) is 0 Å². The molecule has 4 atom stereocenters. The number of carbonyl (C=O) groups is 1. The highest BCUT2D eigenvalue weighted by molar-refractivity contribution is 5.80. The summed E-state index contributed by atoms with van der Waals surface area (Å²) in [6.07, 6.45) is 1.68. The van der Waals surface area contributed by atoms with E-state index in [1.165, 1.54) is 0 Å². The van der Waals surface area contributed by atoms with Crippen LogP contribution in [0.5, 0.6) is 0 Å². The third kappa shape index (κ3) is 0.849. The molecular formula is C9H13NO3. The van der Waals surface area contributed by atoms with Gasteiger partial charge in [0.25, 0.3) is 0 Å². The number of hydrogen-bond acceptors (Lipinski definition) is 3. The van der Waals surface area contributed by atoms with E-state index in [1.807, 2.05) is 4.90 Å². The number of rotatable bonds is 1. The van der Waals surface area contributed by atoms with Crippen molar-refractivity contribution < 1.29 is 14.3 Å². The van der Waals surface area contributed by atoms with Gasteiger partial charge >= 0.3 is 0 Å². The van der Waals surface area contributed by atoms with Crippen LogP contribution < -0.4 is 0 Å². The molecule has 72 valence electrons. The third-order valence-electron chi connectivity index (χ3n) is 3.46. The minimum atomic E-state index is -0.149. The molecule has 3 aliphatic rings. The molecule has 0 aromatic rings. The summed E-state index contributed by atoms with van der Waals surface area (Å²) in [5.41, 5.74) is 0. The Hall–Kier alpha value is -0.610. The van der Waals surface area contributed by atoms with Gasteiger partial charge in [0, 0.05) is 26.0 Å². The standard InChI is InChI=1S/C9H13NO3/c1-12-9-5-4-7(11)10-3-2-6(13-9)8(5)10/h5-6,8-9H,2-4H2,1H3/t5-,6+,8+,9-/m0/s1. The zero-order chi connectivity index (χ0) is 9.00. The lowest BCUT2D eigenvalue weighted by molar-refractivity contribution is -0.139. The van der Waals surface area contributed by atoms with Gasteiger partial charge in [0.1, 0.15) is 0 Å². The SMILES string of the molecule is CO[C@H]1O[C@@H]2CCN3C(=O)C[C@H]1[C@H]23. The highest BCUT2D eigenvalue weighted by Crippen LogP contribution is 2.44. The van der Waals surface area contributed by atoms with Gasteiger partial charge in [-0.05, 0) is 6.42 Å². The van der Waals surface area contributed by atoms with Crippen LogP contribution in [-0.4, -0.2) is 42.9 Å². The van der Waals surface area contributed by atoms with E-state index < -0.39 is 0 Å². The molecule has 13 heavy (non-hydrogen) atoms. The van der Waals surface area contributed by atoms with Crippen molar-refractivity contribution in [2.75, 3.05) is 13.7 Å². The zero-order valence-electron chi connectivity index (χ0n) is 7.60. The quantitative estimate of drug-likeness (QED) is 0.573. The van der Waals surface area contributed by atoms with Gasteiger partial charge in [-0.15, -0.1) is 0 Å². The summed E-state index contributed by atoms with van der Waals surface area (Å²) in [7, 11) is 1.65. The van der Waals surface area contributed by atoms with E-state index in [2.05, 4.69) is 0 Å². The maximum Gasteiger partial charge on any atom is 0.223 e. The van der Waals surface area contributed by atoms with Gasteiger partial charge in [-0.3, -0.25) is 4.79 Å². The normalized spacial score (nSPS) is 47.5. The molecule has 1 amide bonds. The number of nitrogens with zero attached hydrogens (tertiary/aromatic N) is 1. The van der Waals surface area contributed by atoms with Gasteiger partial charge in [0.15, 0.2) is 6.29 Å². The predicted molar refractivity (Wildman–Crippen MR) is 43.9 cm³/mol. The average molecular weight is 183 g/mol. The largest absolute Gasteiger partial charge is 0.355 e. The fourth-order valence-corrected chi connectivity index (χ4v) is 2.93. The molecule has 3 aliphatic heterocycles. The molecular weight excluding hydrogens is 170 g/mol. The Morgan fingerprint density at radius 1 is 1.62 bits per heavy atom. The van der Waals surface area contributed by atoms with E-state index in [0.29, 0.717) is 12.5 Å². The Morgan fingerprint density at radius 3 is 3.23 bits per heavy atom. The van der Waals surface area contributed by atoms with Gasteiger partial charge in [-0.2, -0.15) is 0 Å². The number of methoxy groups -OCH3 is 1. The van der Waals surface area contributed by atoms with Crippen LogP contribution >= 0.6 is 0 Å². The topological polar surface area (TPSA) is 38.8 Å². The van der Waals surface area contributed by atoms with Gasteiger partial charge in [0.2, 0.25) is 5.91 Å². The van der Waals surface area contributed by atoms with Crippen molar-refractivity contribution in [1.82, 2.24) is 4.90 Å². The maximum atomic E-state index is 11.5. The van der Waals surface area contributed by atoms with E-state index >= 15 is 0 Å². The first-order chi connectivity index (χ1) is 6.31. The second kappa shape index (κ2) is 2.45. The molecule has 0 saturated carbocycles. The second-order valence-corrected chi connectivity index (χ2v) is 4.01. The van der Waals surface area contributed by atoms with Crippen molar-refractivity contribution in [3.63, 3.8) is 0 Å². The number of hydrogen-bond donors (Lipinski definition) is 0. The van der Waals surface area contributed by atoms with Crippen molar-refractivity contribution in [1.29, 1.82) is 0 Å². The molecule has 3 rings (SSSR count). The fraction of sp³-hybridized carbons (Fsp3) is 0.889. The number of ether oxygens (including phenoxy) is 2. The molecule has 0 aliphatic carbocycles. The fourth-order valence-electron chi connectivity index (χ4n) is 2.93. The van der Waals surface area contributed by atoms with Crippen LogP contribution in [0.15, 0.2) is 0 Å². The molecule has 3 heterocycles. The number of amides is 1. The maximum absolute atomic E-state index is 11.5. The molecule has 4 heteroatoms. The number of carbonyl (C=O) groups excluding carboxylic acids is 1. The van der Waals surface area contributed by atoms with Crippen molar-refractivity contribution in [2.24, 2.45) is 5.92 Å². The van der Waals surface area contributed by atoms with Crippen LogP contribution in [0.2, 0.25) is 0 Å². The van der Waals surface area contributed by atoms with Crippen LogP contribution in [0.1, 0.15) is 12.8 Å². The van der Waals surface area contributed by atoms with E-state index in [4.69, 9.17) is 9.47 Å². The first-order valence-electron chi connectivity index (χ1n) is 4.79. The van der Waals surface area contributed by atoms with Crippen LogP contribution in [0.25, 0.3) is 0 Å². The van der Waals surface area contributed by atoms with Gasteiger partial charge in [-0.1, -0.05) is 0 Å². The lowest BCUT2D eigenvalue weighted by Crippen LogP contribution is -2.32. The molecule has 0 aromatic heterocycles.